The summed E-state index contributed by atoms with van der Waals surface area (Å²) < 4.78 is 0. The molecule has 5 aromatic carbocycles. The number of rotatable bonds is 5. The Hall–Kier alpha value is -3.98. The number of nitrogens with zero attached hydrogens (tertiary/aromatic N) is 2. The Morgan fingerprint density at radius 1 is 0.449 bits per heavy atom. The molecule has 0 unspecified atom stereocenters. The van der Waals surface area contributed by atoms with Gasteiger partial charge in [-0.05, 0) is 139 Å². The second kappa shape index (κ2) is 12.1. The van der Waals surface area contributed by atoms with Crippen molar-refractivity contribution in [2.75, 3.05) is 40.3 Å². The normalized spacial score (nSPS) is 19.7. The lowest BCUT2D eigenvalue weighted by Crippen LogP contribution is -2.41. The smallest absolute Gasteiger partial charge is 0.0227 e. The minimum atomic E-state index is -0.0280. The van der Waals surface area contributed by atoms with Crippen molar-refractivity contribution in [2.45, 2.75) is 69.6 Å². The highest BCUT2D eigenvalue weighted by atomic mass is 15.1. The first-order chi connectivity index (χ1) is 23.6. The van der Waals surface area contributed by atoms with Crippen molar-refractivity contribution in [3.63, 3.8) is 0 Å². The molecule has 250 valence electrons. The SMILES string of the molecule is Cc1ccc(-c2ccc(-c3ccc(C4(c5ccc6c(c5)C(C)(C)c5cc(C7(C)CCN(C)CC7)ccc5-6)CCN(C)CC4)cc3)cc2)cc1. The van der Waals surface area contributed by atoms with Crippen LogP contribution in [0.2, 0.25) is 0 Å². The van der Waals surface area contributed by atoms with E-state index in [-0.39, 0.29) is 16.2 Å². The highest BCUT2D eigenvalue weighted by molar-refractivity contribution is 5.82. The van der Waals surface area contributed by atoms with E-state index in [4.69, 9.17) is 0 Å². The van der Waals surface area contributed by atoms with Crippen molar-refractivity contribution >= 4 is 0 Å². The Kier molecular flexibility index (Phi) is 7.97. The lowest BCUT2D eigenvalue weighted by molar-refractivity contribution is 0.200. The van der Waals surface area contributed by atoms with Gasteiger partial charge in [0, 0.05) is 10.8 Å². The molecule has 0 aromatic heterocycles. The summed E-state index contributed by atoms with van der Waals surface area (Å²) in [7, 11) is 4.54. The van der Waals surface area contributed by atoms with Gasteiger partial charge >= 0.3 is 0 Å². The fourth-order valence-electron chi connectivity index (χ4n) is 9.14. The van der Waals surface area contributed by atoms with Gasteiger partial charge in [0.1, 0.15) is 0 Å². The molecule has 2 nitrogen and oxygen atoms in total. The second-order valence-electron chi connectivity index (χ2n) is 16.4. The molecule has 3 aliphatic rings. The van der Waals surface area contributed by atoms with Crippen LogP contribution in [-0.2, 0) is 16.2 Å². The van der Waals surface area contributed by atoms with Crippen LogP contribution in [0.25, 0.3) is 33.4 Å². The van der Waals surface area contributed by atoms with Gasteiger partial charge < -0.3 is 9.80 Å². The Morgan fingerprint density at radius 2 is 0.837 bits per heavy atom. The zero-order valence-corrected chi connectivity index (χ0v) is 30.4. The molecule has 0 spiro atoms. The Balaban J connectivity index is 1.12. The molecule has 0 N–H and O–H groups in total. The molecule has 5 aromatic rings. The Labute approximate surface area is 294 Å². The van der Waals surface area contributed by atoms with E-state index in [1.165, 1.54) is 92.7 Å². The van der Waals surface area contributed by atoms with Crippen LogP contribution in [-0.4, -0.2) is 50.1 Å². The molecule has 0 atom stereocenters. The number of aryl methyl sites for hydroxylation is 1. The van der Waals surface area contributed by atoms with E-state index in [1.807, 2.05) is 0 Å². The molecule has 2 fully saturated rings. The van der Waals surface area contributed by atoms with Crippen LogP contribution in [0, 0.1) is 6.92 Å². The lowest BCUT2D eigenvalue weighted by Gasteiger charge is -2.42. The minimum absolute atomic E-state index is 0.00693. The zero-order valence-electron chi connectivity index (χ0n) is 30.4. The number of hydrogen-bond acceptors (Lipinski definition) is 2. The number of piperidine rings is 2. The summed E-state index contributed by atoms with van der Waals surface area (Å²) in [5, 5.41) is 0. The molecule has 0 radical (unpaired) electrons. The van der Waals surface area contributed by atoms with Gasteiger partial charge in [0.05, 0.1) is 0 Å². The maximum atomic E-state index is 2.61. The first-order valence-electron chi connectivity index (χ1n) is 18.5. The van der Waals surface area contributed by atoms with E-state index in [9.17, 15) is 0 Å². The van der Waals surface area contributed by atoms with Gasteiger partial charge in [-0.15, -0.1) is 0 Å². The first kappa shape index (κ1) is 32.2. The predicted octanol–water partition coefficient (Wildman–Crippen LogP) is 10.6. The fourth-order valence-corrected chi connectivity index (χ4v) is 9.14. The number of likely N-dealkylation sites (tertiary alicyclic amines) is 2. The molecule has 0 saturated carbocycles. The van der Waals surface area contributed by atoms with Gasteiger partial charge in [-0.1, -0.05) is 136 Å². The molecule has 1 aliphatic carbocycles. The van der Waals surface area contributed by atoms with Crippen LogP contribution in [0.5, 0.6) is 0 Å². The molecule has 0 amide bonds. The molecule has 49 heavy (non-hydrogen) atoms. The van der Waals surface area contributed by atoms with Gasteiger partial charge in [-0.2, -0.15) is 0 Å². The molecule has 0 bridgehead atoms. The highest BCUT2D eigenvalue weighted by Crippen LogP contribution is 2.52. The number of benzene rings is 5. The molecule has 2 saturated heterocycles. The Morgan fingerprint density at radius 3 is 1.35 bits per heavy atom. The van der Waals surface area contributed by atoms with Crippen molar-refractivity contribution < 1.29 is 0 Å². The molecule has 2 aliphatic heterocycles. The topological polar surface area (TPSA) is 6.48 Å². The Bertz CT molecular complexity index is 1960. The summed E-state index contributed by atoms with van der Waals surface area (Å²) >= 11 is 0. The number of fused-ring (bicyclic) bond motifs is 3. The van der Waals surface area contributed by atoms with Crippen LogP contribution < -0.4 is 0 Å². The lowest BCUT2D eigenvalue weighted by atomic mass is 9.67. The van der Waals surface area contributed by atoms with E-state index in [1.54, 1.807) is 0 Å². The van der Waals surface area contributed by atoms with Crippen LogP contribution in [0.1, 0.15) is 79.8 Å². The van der Waals surface area contributed by atoms with Gasteiger partial charge in [-0.25, -0.2) is 0 Å². The molecular formula is C47H52N2. The fraction of sp³-hybridized carbons (Fsp3) is 0.362. The summed E-state index contributed by atoms with van der Waals surface area (Å²) in [6.07, 6.45) is 4.73. The summed E-state index contributed by atoms with van der Waals surface area (Å²) in [5.74, 6) is 0. The average molecular weight is 645 g/mol. The summed E-state index contributed by atoms with van der Waals surface area (Å²) in [5.41, 5.74) is 16.9. The van der Waals surface area contributed by atoms with E-state index < -0.39 is 0 Å². The van der Waals surface area contributed by atoms with Crippen LogP contribution in [0.15, 0.2) is 109 Å². The zero-order chi connectivity index (χ0) is 34.0. The first-order valence-corrected chi connectivity index (χ1v) is 18.5. The second-order valence-corrected chi connectivity index (χ2v) is 16.4. The standard InChI is InChI=1S/C47H52N2/c1-33-7-9-34(10-8-33)35-11-13-36(14-12-35)37-15-17-38(18-16-37)47(25-29-49(6)30-26-47)40-20-22-42-41-21-19-39(46(4)23-27-48(5)28-24-46)31-43(41)45(2,3)44(42)32-40/h7-22,31-32H,23-30H2,1-6H3. The van der Waals surface area contributed by atoms with Crippen LogP contribution in [0.3, 0.4) is 0 Å². The largest absolute Gasteiger partial charge is 0.306 e. The summed E-state index contributed by atoms with van der Waals surface area (Å²) in [6.45, 7) is 14.1. The van der Waals surface area contributed by atoms with Gasteiger partial charge in [-0.3, -0.25) is 0 Å². The van der Waals surface area contributed by atoms with E-state index >= 15 is 0 Å². The van der Waals surface area contributed by atoms with Crippen molar-refractivity contribution in [3.8, 4) is 33.4 Å². The number of hydrogen-bond donors (Lipinski definition) is 0. The summed E-state index contributed by atoms with van der Waals surface area (Å²) in [4.78, 5) is 4.98. The van der Waals surface area contributed by atoms with Crippen molar-refractivity contribution in [3.05, 3.63) is 143 Å². The minimum Gasteiger partial charge on any atom is -0.306 e. The van der Waals surface area contributed by atoms with Crippen molar-refractivity contribution in [1.82, 2.24) is 9.80 Å². The van der Waals surface area contributed by atoms with E-state index in [0.29, 0.717) is 0 Å². The highest BCUT2D eigenvalue weighted by Gasteiger charge is 2.42. The third kappa shape index (κ3) is 5.58. The maximum Gasteiger partial charge on any atom is 0.0227 e. The van der Waals surface area contributed by atoms with E-state index in [0.717, 1.165) is 25.9 Å². The predicted molar refractivity (Wildman–Crippen MR) is 208 cm³/mol. The van der Waals surface area contributed by atoms with Gasteiger partial charge in [0.2, 0.25) is 0 Å². The van der Waals surface area contributed by atoms with Crippen molar-refractivity contribution in [2.24, 2.45) is 0 Å². The molecule has 8 rings (SSSR count). The molecular weight excluding hydrogens is 593 g/mol. The molecule has 2 heteroatoms. The quantitative estimate of drug-likeness (QED) is 0.188. The van der Waals surface area contributed by atoms with Gasteiger partial charge in [0.25, 0.3) is 0 Å². The van der Waals surface area contributed by atoms with Crippen LogP contribution in [0.4, 0.5) is 0 Å². The molecule has 2 heterocycles. The average Bonchev–Trinajstić information content (AvgIpc) is 3.36. The van der Waals surface area contributed by atoms with Crippen molar-refractivity contribution in [1.29, 1.82) is 0 Å². The summed E-state index contributed by atoms with van der Waals surface area (Å²) in [6, 6.07) is 42.4. The van der Waals surface area contributed by atoms with Gasteiger partial charge in [0.15, 0.2) is 0 Å². The van der Waals surface area contributed by atoms with Crippen LogP contribution >= 0.6 is 0 Å². The van der Waals surface area contributed by atoms with E-state index in [2.05, 4.69) is 161 Å². The third-order valence-corrected chi connectivity index (χ3v) is 12.9. The maximum absolute atomic E-state index is 2.61. The monoisotopic (exact) mass is 644 g/mol. The third-order valence-electron chi connectivity index (χ3n) is 12.9.